The number of allylic oxidation sites excluding steroid dienone is 2. The highest BCUT2D eigenvalue weighted by molar-refractivity contribution is 7.85. The molecule has 4 fully saturated rings. The molecule has 226 valence electrons. The maximum Gasteiger partial charge on any atom is 0.178 e. The van der Waals surface area contributed by atoms with Crippen LogP contribution in [0.3, 0.4) is 0 Å². The van der Waals surface area contributed by atoms with Crippen molar-refractivity contribution in [3.05, 3.63) is 42.0 Å². The largest absolute Gasteiger partial charge is 0.299 e. The molecule has 0 amide bonds. The van der Waals surface area contributed by atoms with Crippen LogP contribution in [-0.4, -0.2) is 21.5 Å². The maximum absolute atomic E-state index is 14.8. The predicted octanol–water partition coefficient (Wildman–Crippen LogP) is 8.09. The third-order valence-electron chi connectivity index (χ3n) is 14.1. The molecule has 5 aliphatic rings. The second kappa shape index (κ2) is 9.47. The third kappa shape index (κ3) is 3.99. The number of carbonyl (C=O) groups is 2. The summed E-state index contributed by atoms with van der Waals surface area (Å²) in [4.78, 5) is 29.0. The van der Waals surface area contributed by atoms with Crippen molar-refractivity contribution in [3.63, 3.8) is 0 Å². The lowest BCUT2D eigenvalue weighted by Gasteiger charge is -2.72. The summed E-state index contributed by atoms with van der Waals surface area (Å²) in [6.07, 6.45) is 9.57. The number of Topliss-reactive ketones (excluding diaryl/α,β-unsaturated/α-hetero) is 2. The van der Waals surface area contributed by atoms with Crippen LogP contribution in [0.2, 0.25) is 0 Å². The van der Waals surface area contributed by atoms with Crippen molar-refractivity contribution in [2.75, 3.05) is 5.75 Å². The first-order valence-corrected chi connectivity index (χ1v) is 17.5. The van der Waals surface area contributed by atoms with Crippen molar-refractivity contribution in [1.29, 1.82) is 5.26 Å². The fourth-order valence-corrected chi connectivity index (χ4v) is 13.2. The molecule has 5 heteroatoms. The fourth-order valence-electron chi connectivity index (χ4n) is 11.6. The van der Waals surface area contributed by atoms with Crippen molar-refractivity contribution < 1.29 is 13.8 Å². The lowest BCUT2D eigenvalue weighted by Crippen LogP contribution is -2.69. The Kier molecular flexibility index (Phi) is 6.76. The Balaban J connectivity index is 1.43. The number of benzene rings is 1. The molecule has 0 saturated heterocycles. The van der Waals surface area contributed by atoms with Crippen LogP contribution in [-0.2, 0) is 20.4 Å². The van der Waals surface area contributed by atoms with E-state index in [4.69, 9.17) is 0 Å². The molecule has 5 aliphatic carbocycles. The van der Waals surface area contributed by atoms with E-state index in [0.29, 0.717) is 18.0 Å². The van der Waals surface area contributed by atoms with Gasteiger partial charge in [0.25, 0.3) is 0 Å². The van der Waals surface area contributed by atoms with E-state index in [0.717, 1.165) is 49.8 Å². The first-order chi connectivity index (χ1) is 19.5. The number of nitriles is 1. The topological polar surface area (TPSA) is 75.0 Å². The molecule has 0 N–H and O–H groups in total. The van der Waals surface area contributed by atoms with E-state index in [1.807, 2.05) is 50.3 Å². The summed E-state index contributed by atoms with van der Waals surface area (Å²) in [6.45, 7) is 15.9. The van der Waals surface area contributed by atoms with E-state index >= 15 is 0 Å². The number of carbonyl (C=O) groups excluding carboxylic acids is 2. The molecule has 0 aliphatic heterocycles. The number of rotatable bonds is 3. The molecule has 9 atom stereocenters. The van der Waals surface area contributed by atoms with Gasteiger partial charge in [0, 0.05) is 28.4 Å². The molecular formula is C37H49NO3S. The van der Waals surface area contributed by atoms with Gasteiger partial charge in [-0.1, -0.05) is 72.7 Å². The Morgan fingerprint density at radius 1 is 0.881 bits per heavy atom. The first-order valence-electron chi connectivity index (χ1n) is 16.2. The number of hydrogen-bond acceptors (Lipinski definition) is 4. The average molecular weight is 588 g/mol. The SMILES string of the molecule is CC1(C)CC[C@]2(CS(=O)c3ccccc3)CC[C@]3(C)[C@H](C(=O)C[C@@H]4[C@@]5(C)C=C(C#N)C(=O)C(C)(C)[C@@H]5CC[C@]43C)[C@H]2C1. The molecule has 0 spiro atoms. The van der Waals surface area contributed by atoms with E-state index in [2.05, 4.69) is 40.7 Å². The van der Waals surface area contributed by atoms with Gasteiger partial charge in [-0.2, -0.15) is 5.26 Å². The smallest absolute Gasteiger partial charge is 0.178 e. The van der Waals surface area contributed by atoms with Crippen molar-refractivity contribution in [3.8, 4) is 6.07 Å². The summed E-state index contributed by atoms with van der Waals surface area (Å²) in [7, 11) is -1.10. The molecule has 4 nitrogen and oxygen atoms in total. The molecule has 1 aromatic carbocycles. The molecule has 0 bridgehead atoms. The molecule has 0 aromatic heterocycles. The summed E-state index contributed by atoms with van der Waals surface area (Å²) >= 11 is 0. The first kappa shape index (κ1) is 30.0. The molecule has 1 aromatic rings. The van der Waals surface area contributed by atoms with Gasteiger partial charge in [0.2, 0.25) is 0 Å². The highest BCUT2D eigenvalue weighted by Gasteiger charge is 2.72. The van der Waals surface area contributed by atoms with Crippen LogP contribution in [0.5, 0.6) is 0 Å². The normalized spacial score (nSPS) is 44.4. The van der Waals surface area contributed by atoms with Crippen LogP contribution in [0.1, 0.15) is 99.8 Å². The van der Waals surface area contributed by atoms with Crippen molar-refractivity contribution in [2.24, 2.45) is 56.2 Å². The number of fused-ring (bicyclic) bond motifs is 7. The number of nitrogens with zero attached hydrogens (tertiary/aromatic N) is 1. The number of ketones is 2. The minimum absolute atomic E-state index is 0.0411. The molecule has 1 unspecified atom stereocenters. The zero-order valence-corrected chi connectivity index (χ0v) is 27.5. The summed E-state index contributed by atoms with van der Waals surface area (Å²) in [5.74, 6) is 1.36. The summed E-state index contributed by atoms with van der Waals surface area (Å²) in [6, 6.07) is 12.1. The second-order valence-corrected chi connectivity index (χ2v) is 18.3. The van der Waals surface area contributed by atoms with Gasteiger partial charge in [-0.05, 0) is 102 Å². The van der Waals surface area contributed by atoms with Gasteiger partial charge in [0.05, 0.1) is 16.4 Å². The number of hydrogen-bond donors (Lipinski definition) is 0. The zero-order valence-electron chi connectivity index (χ0n) is 26.7. The van der Waals surface area contributed by atoms with E-state index in [1.165, 1.54) is 0 Å². The highest BCUT2D eigenvalue weighted by Crippen LogP contribution is 2.75. The monoisotopic (exact) mass is 587 g/mol. The van der Waals surface area contributed by atoms with Gasteiger partial charge in [0.15, 0.2) is 5.78 Å². The van der Waals surface area contributed by atoms with Crippen LogP contribution < -0.4 is 0 Å². The van der Waals surface area contributed by atoms with E-state index in [-0.39, 0.29) is 62.1 Å². The second-order valence-electron chi connectivity index (χ2n) is 16.9. The van der Waals surface area contributed by atoms with Crippen LogP contribution >= 0.6 is 0 Å². The standard InChI is InChI=1S/C37H49NO3S/c1-32(2)15-17-37(23-42(41)25-11-9-8-10-12-25)18-16-36(7)30(26(37)21-32)27(39)19-29-34(5)20-24(22-38)31(40)33(3,4)28(34)13-14-35(29,36)6/h8-12,20,26,28-30H,13-19,21,23H2,1-7H3/t26-,28+,29-,30+,34+,35-,36-,37-,42?/m1/s1. The quantitative estimate of drug-likeness (QED) is 0.358. The summed E-state index contributed by atoms with van der Waals surface area (Å²) in [5.41, 5.74) is -0.919. The Hall–Kier alpha value is -2.06. The molecule has 0 heterocycles. The van der Waals surface area contributed by atoms with Gasteiger partial charge in [-0.15, -0.1) is 0 Å². The van der Waals surface area contributed by atoms with Crippen molar-refractivity contribution in [1.82, 2.24) is 0 Å². The van der Waals surface area contributed by atoms with Crippen molar-refractivity contribution in [2.45, 2.75) is 105 Å². The van der Waals surface area contributed by atoms with Gasteiger partial charge >= 0.3 is 0 Å². The Morgan fingerprint density at radius 2 is 1.55 bits per heavy atom. The summed E-state index contributed by atoms with van der Waals surface area (Å²) < 4.78 is 13.8. The zero-order chi connectivity index (χ0) is 30.5. The van der Waals surface area contributed by atoms with Crippen LogP contribution in [0.25, 0.3) is 0 Å². The lowest BCUT2D eigenvalue weighted by molar-refractivity contribution is -0.220. The molecule has 42 heavy (non-hydrogen) atoms. The molecule has 0 radical (unpaired) electrons. The lowest BCUT2D eigenvalue weighted by atomic mass is 9.31. The molecular weight excluding hydrogens is 538 g/mol. The van der Waals surface area contributed by atoms with Crippen LogP contribution in [0.4, 0.5) is 0 Å². The Bertz CT molecular complexity index is 1420. The highest BCUT2D eigenvalue weighted by atomic mass is 32.2. The van der Waals surface area contributed by atoms with Crippen molar-refractivity contribution >= 4 is 22.4 Å². The van der Waals surface area contributed by atoms with E-state index < -0.39 is 16.2 Å². The van der Waals surface area contributed by atoms with Gasteiger partial charge < -0.3 is 0 Å². The minimum atomic E-state index is -1.10. The maximum atomic E-state index is 14.8. The molecule has 4 saturated carbocycles. The predicted molar refractivity (Wildman–Crippen MR) is 167 cm³/mol. The average Bonchev–Trinajstić information content (AvgIpc) is 2.93. The fraction of sp³-hybridized carbons (Fsp3) is 0.703. The van der Waals surface area contributed by atoms with E-state index in [1.54, 1.807) is 0 Å². The minimum Gasteiger partial charge on any atom is -0.299 e. The summed E-state index contributed by atoms with van der Waals surface area (Å²) in [5, 5.41) is 9.98. The Labute approximate surface area is 255 Å². The van der Waals surface area contributed by atoms with Gasteiger partial charge in [0.1, 0.15) is 11.9 Å². The van der Waals surface area contributed by atoms with Gasteiger partial charge in [-0.25, -0.2) is 0 Å². The molecule has 6 rings (SSSR count). The van der Waals surface area contributed by atoms with Crippen LogP contribution in [0.15, 0.2) is 46.9 Å². The van der Waals surface area contributed by atoms with Crippen LogP contribution in [0, 0.1) is 67.5 Å². The third-order valence-corrected chi connectivity index (χ3v) is 15.7. The van der Waals surface area contributed by atoms with E-state index in [9.17, 15) is 19.1 Å². The Morgan fingerprint density at radius 3 is 2.21 bits per heavy atom. The van der Waals surface area contributed by atoms with Gasteiger partial charge in [-0.3, -0.25) is 13.8 Å².